The summed E-state index contributed by atoms with van der Waals surface area (Å²) in [4.78, 5) is 12.8. The molecule has 0 aliphatic carbocycles. The molecule has 0 unspecified atom stereocenters. The Morgan fingerprint density at radius 2 is 2.00 bits per heavy atom. The summed E-state index contributed by atoms with van der Waals surface area (Å²) in [5, 5.41) is 1.91. The van der Waals surface area contributed by atoms with E-state index in [0.717, 1.165) is 11.1 Å². The Kier molecular flexibility index (Phi) is 3.94. The highest BCUT2D eigenvalue weighted by atomic mass is 35.5. The predicted molar refractivity (Wildman–Crippen MR) is 85.3 cm³/mol. The molecule has 2 aromatic rings. The molecule has 0 amide bonds. The first-order valence-electron chi connectivity index (χ1n) is 6.78. The normalized spacial score (nSPS) is 13.7. The summed E-state index contributed by atoms with van der Waals surface area (Å²) in [6.45, 7) is 8.80. The van der Waals surface area contributed by atoms with Crippen LogP contribution in [-0.4, -0.2) is 4.57 Å². The van der Waals surface area contributed by atoms with Crippen LogP contribution >= 0.6 is 11.6 Å². The van der Waals surface area contributed by atoms with Gasteiger partial charge in [0, 0.05) is 18.3 Å². The van der Waals surface area contributed by atoms with Crippen molar-refractivity contribution in [3.63, 3.8) is 0 Å². The number of rotatable bonds is 2. The minimum Gasteiger partial charge on any atom is -0.323 e. The number of pyridine rings is 1. The first-order chi connectivity index (χ1) is 9.20. The zero-order valence-electron chi connectivity index (χ0n) is 12.4. The molecule has 2 rings (SSSR count). The third-order valence-electron chi connectivity index (χ3n) is 3.22. The molecule has 3 nitrogen and oxygen atoms in total. The maximum Gasteiger partial charge on any atom is 0.260 e. The van der Waals surface area contributed by atoms with Crippen LogP contribution in [0.1, 0.15) is 39.4 Å². The number of aromatic nitrogens is 1. The average Bonchev–Trinajstić information content (AvgIpc) is 2.30. The van der Waals surface area contributed by atoms with Gasteiger partial charge in [-0.15, -0.1) is 0 Å². The van der Waals surface area contributed by atoms with Crippen LogP contribution < -0.4 is 11.3 Å². The van der Waals surface area contributed by atoms with Crippen LogP contribution in [0.2, 0.25) is 5.02 Å². The van der Waals surface area contributed by atoms with E-state index in [-0.39, 0.29) is 17.0 Å². The Morgan fingerprint density at radius 1 is 1.35 bits per heavy atom. The van der Waals surface area contributed by atoms with E-state index in [1.165, 1.54) is 0 Å². The van der Waals surface area contributed by atoms with E-state index in [4.69, 9.17) is 17.3 Å². The third kappa shape index (κ3) is 2.89. The number of hydrogen-bond acceptors (Lipinski definition) is 2. The lowest BCUT2D eigenvalue weighted by Crippen LogP contribution is -2.31. The summed E-state index contributed by atoms with van der Waals surface area (Å²) in [7, 11) is 0. The highest BCUT2D eigenvalue weighted by Crippen LogP contribution is 2.25. The SMILES string of the molecule is C[C@H](N)c1cc2cccc(Cl)c2c(=O)n1CC(C)(C)C. The Morgan fingerprint density at radius 3 is 2.55 bits per heavy atom. The zero-order chi connectivity index (χ0) is 15.1. The molecule has 0 radical (unpaired) electrons. The number of halogens is 1. The third-order valence-corrected chi connectivity index (χ3v) is 3.53. The topological polar surface area (TPSA) is 48.0 Å². The Labute approximate surface area is 124 Å². The van der Waals surface area contributed by atoms with Crippen molar-refractivity contribution >= 4 is 22.4 Å². The monoisotopic (exact) mass is 292 g/mol. The van der Waals surface area contributed by atoms with E-state index in [2.05, 4.69) is 20.8 Å². The van der Waals surface area contributed by atoms with Crippen LogP contribution in [0.3, 0.4) is 0 Å². The zero-order valence-corrected chi connectivity index (χ0v) is 13.2. The van der Waals surface area contributed by atoms with Crippen molar-refractivity contribution in [2.45, 2.75) is 40.3 Å². The molecule has 4 heteroatoms. The molecule has 0 aliphatic heterocycles. The number of fused-ring (bicyclic) bond motifs is 1. The molecule has 1 atom stereocenters. The molecule has 0 saturated heterocycles. The van der Waals surface area contributed by atoms with Crippen LogP contribution in [0, 0.1) is 5.41 Å². The molecule has 1 heterocycles. The van der Waals surface area contributed by atoms with E-state index in [1.807, 2.05) is 25.1 Å². The summed E-state index contributed by atoms with van der Waals surface area (Å²) in [6, 6.07) is 7.27. The first-order valence-corrected chi connectivity index (χ1v) is 7.16. The van der Waals surface area contributed by atoms with E-state index < -0.39 is 0 Å². The molecule has 2 N–H and O–H groups in total. The van der Waals surface area contributed by atoms with Gasteiger partial charge >= 0.3 is 0 Å². The molecule has 0 bridgehead atoms. The van der Waals surface area contributed by atoms with Crippen molar-refractivity contribution in [2.75, 3.05) is 0 Å². The van der Waals surface area contributed by atoms with Crippen LogP contribution in [-0.2, 0) is 6.54 Å². The van der Waals surface area contributed by atoms with Crippen molar-refractivity contribution in [3.05, 3.63) is 45.3 Å². The summed E-state index contributed by atoms with van der Waals surface area (Å²) in [6.07, 6.45) is 0. The van der Waals surface area contributed by atoms with Crippen molar-refractivity contribution in [2.24, 2.45) is 11.1 Å². The first kappa shape index (κ1) is 15.1. The van der Waals surface area contributed by atoms with Gasteiger partial charge in [0.15, 0.2) is 0 Å². The van der Waals surface area contributed by atoms with E-state index in [9.17, 15) is 4.79 Å². The highest BCUT2D eigenvalue weighted by molar-refractivity contribution is 6.35. The Balaban J connectivity index is 2.82. The summed E-state index contributed by atoms with van der Waals surface area (Å²) >= 11 is 6.19. The minimum absolute atomic E-state index is 0.0115. The molecule has 1 aromatic heterocycles. The van der Waals surface area contributed by atoms with Crippen LogP contribution in [0.15, 0.2) is 29.1 Å². The Hall–Kier alpha value is -1.32. The highest BCUT2D eigenvalue weighted by Gasteiger charge is 2.19. The molecule has 0 spiro atoms. The van der Waals surface area contributed by atoms with Crippen LogP contribution in [0.4, 0.5) is 0 Å². The molecule has 1 aromatic carbocycles. The fraction of sp³-hybridized carbons (Fsp3) is 0.438. The lowest BCUT2D eigenvalue weighted by Gasteiger charge is -2.24. The predicted octanol–water partition coefficient (Wildman–Crippen LogP) is 3.72. The standard InChI is InChI=1S/C16H21ClN2O/c1-10(18)13-8-11-6-5-7-12(17)14(11)15(20)19(13)9-16(2,3)4/h5-8,10H,9,18H2,1-4H3/t10-/m0/s1. The Bertz CT molecular complexity index is 696. The quantitative estimate of drug-likeness (QED) is 0.917. The number of nitrogens with two attached hydrogens (primary N) is 1. The molecule has 0 aliphatic rings. The number of hydrogen-bond donors (Lipinski definition) is 1. The van der Waals surface area contributed by atoms with Gasteiger partial charge in [-0.05, 0) is 29.9 Å². The van der Waals surface area contributed by atoms with E-state index in [0.29, 0.717) is 17.0 Å². The van der Waals surface area contributed by atoms with Gasteiger partial charge in [0.05, 0.1) is 10.4 Å². The second-order valence-electron chi connectivity index (χ2n) is 6.51. The second kappa shape index (κ2) is 5.23. The van der Waals surface area contributed by atoms with Gasteiger partial charge in [-0.25, -0.2) is 0 Å². The van der Waals surface area contributed by atoms with Gasteiger partial charge in [-0.3, -0.25) is 4.79 Å². The molecule has 0 fully saturated rings. The number of nitrogens with zero attached hydrogens (tertiary/aromatic N) is 1. The summed E-state index contributed by atoms with van der Waals surface area (Å²) in [5.41, 5.74) is 6.81. The largest absolute Gasteiger partial charge is 0.323 e. The van der Waals surface area contributed by atoms with E-state index in [1.54, 1.807) is 10.6 Å². The van der Waals surface area contributed by atoms with Gasteiger partial charge in [-0.1, -0.05) is 44.5 Å². The van der Waals surface area contributed by atoms with Crippen molar-refractivity contribution in [1.82, 2.24) is 4.57 Å². The van der Waals surface area contributed by atoms with Gasteiger partial charge in [0.1, 0.15) is 0 Å². The average molecular weight is 293 g/mol. The minimum atomic E-state index is -0.201. The molecule has 108 valence electrons. The van der Waals surface area contributed by atoms with E-state index >= 15 is 0 Å². The van der Waals surface area contributed by atoms with Gasteiger partial charge in [0.2, 0.25) is 0 Å². The number of benzene rings is 1. The summed E-state index contributed by atoms with van der Waals surface area (Å²) in [5.74, 6) is 0. The molecule has 20 heavy (non-hydrogen) atoms. The summed E-state index contributed by atoms with van der Waals surface area (Å²) < 4.78 is 1.76. The maximum absolute atomic E-state index is 12.8. The fourth-order valence-corrected chi connectivity index (χ4v) is 2.65. The smallest absolute Gasteiger partial charge is 0.260 e. The van der Waals surface area contributed by atoms with Crippen LogP contribution in [0.5, 0.6) is 0 Å². The van der Waals surface area contributed by atoms with Gasteiger partial charge in [0.25, 0.3) is 5.56 Å². The van der Waals surface area contributed by atoms with Crippen molar-refractivity contribution in [1.29, 1.82) is 0 Å². The van der Waals surface area contributed by atoms with Crippen molar-refractivity contribution < 1.29 is 0 Å². The fourth-order valence-electron chi connectivity index (χ4n) is 2.39. The van der Waals surface area contributed by atoms with Gasteiger partial charge in [-0.2, -0.15) is 0 Å². The lowest BCUT2D eigenvalue weighted by molar-refractivity contribution is 0.331. The molecular formula is C16H21ClN2O. The van der Waals surface area contributed by atoms with Crippen molar-refractivity contribution in [3.8, 4) is 0 Å². The molecule has 0 saturated carbocycles. The maximum atomic E-state index is 12.8. The molecular weight excluding hydrogens is 272 g/mol. The lowest BCUT2D eigenvalue weighted by atomic mass is 9.96. The second-order valence-corrected chi connectivity index (χ2v) is 6.92. The van der Waals surface area contributed by atoms with Crippen LogP contribution in [0.25, 0.3) is 10.8 Å². The van der Waals surface area contributed by atoms with Gasteiger partial charge < -0.3 is 10.3 Å².